The molecule has 0 bridgehead atoms. The van der Waals surface area contributed by atoms with Crippen LogP contribution in [-0.2, 0) is 6.42 Å². The number of nitrogens with two attached hydrogens (primary N) is 1. The Hall–Kier alpha value is -2.12. The first-order valence-electron chi connectivity index (χ1n) is 7.95. The molecule has 4 heteroatoms. The number of rotatable bonds is 7. The second kappa shape index (κ2) is 16.3. The Labute approximate surface area is 141 Å². The van der Waals surface area contributed by atoms with Crippen LogP contribution in [0.5, 0.6) is 5.75 Å². The Morgan fingerprint density at radius 2 is 2.04 bits per heavy atom. The predicted molar refractivity (Wildman–Crippen MR) is 101 cm³/mol. The highest BCUT2D eigenvalue weighted by molar-refractivity contribution is 5.55. The van der Waals surface area contributed by atoms with E-state index in [0.29, 0.717) is 0 Å². The van der Waals surface area contributed by atoms with Gasteiger partial charge in [0, 0.05) is 6.54 Å². The average molecular weight is 318 g/mol. The maximum Gasteiger partial charge on any atom is 0.138 e. The van der Waals surface area contributed by atoms with E-state index in [4.69, 9.17) is 10.5 Å². The van der Waals surface area contributed by atoms with Gasteiger partial charge in [-0.25, -0.2) is 0 Å². The van der Waals surface area contributed by atoms with E-state index in [2.05, 4.69) is 30.5 Å². The van der Waals surface area contributed by atoms with Crippen molar-refractivity contribution in [3.05, 3.63) is 40.3 Å². The van der Waals surface area contributed by atoms with Gasteiger partial charge < -0.3 is 10.5 Å². The van der Waals surface area contributed by atoms with Crippen LogP contribution < -0.4 is 10.5 Å². The fourth-order valence-corrected chi connectivity index (χ4v) is 1.65. The summed E-state index contributed by atoms with van der Waals surface area (Å²) in [4.78, 5) is 10.4. The van der Waals surface area contributed by atoms with Crippen LogP contribution in [0.25, 0.3) is 6.08 Å². The first-order valence-corrected chi connectivity index (χ1v) is 7.95. The smallest absolute Gasteiger partial charge is 0.138 e. The first-order chi connectivity index (χ1) is 11.2. The zero-order valence-electron chi connectivity index (χ0n) is 15.0. The summed E-state index contributed by atoms with van der Waals surface area (Å²) < 4.78 is 5.53. The van der Waals surface area contributed by atoms with E-state index in [-0.39, 0.29) is 13.2 Å². The molecular weight excluding hydrogens is 288 g/mol. The van der Waals surface area contributed by atoms with Crippen molar-refractivity contribution in [1.29, 1.82) is 0 Å². The highest BCUT2D eigenvalue weighted by atomic mass is 16.5. The fourth-order valence-electron chi connectivity index (χ4n) is 1.65. The predicted octanol–water partition coefficient (Wildman–Crippen LogP) is 4.42. The van der Waals surface area contributed by atoms with Crippen molar-refractivity contribution in [3.63, 3.8) is 0 Å². The van der Waals surface area contributed by atoms with Crippen LogP contribution in [0, 0.1) is 17.3 Å². The molecule has 0 saturated heterocycles. The monoisotopic (exact) mass is 318 g/mol. The van der Waals surface area contributed by atoms with Gasteiger partial charge in [-0.3, -0.25) is 0 Å². The van der Waals surface area contributed by atoms with E-state index in [1.807, 2.05) is 45.0 Å². The average Bonchev–Trinajstić information content (AvgIpc) is 2.59. The van der Waals surface area contributed by atoms with E-state index in [1.165, 1.54) is 11.1 Å². The van der Waals surface area contributed by atoms with Crippen LogP contribution in [0.15, 0.2) is 29.5 Å². The molecule has 128 valence electrons. The molecule has 4 nitrogen and oxygen atoms in total. The molecule has 0 aliphatic carbocycles. The molecule has 1 aromatic rings. The number of hydrogen-bond donors (Lipinski definition) is 1. The third-order valence-corrected chi connectivity index (χ3v) is 2.71. The topological polar surface area (TPSA) is 64.7 Å². The molecule has 23 heavy (non-hydrogen) atoms. The van der Waals surface area contributed by atoms with E-state index in [1.54, 1.807) is 6.92 Å². The minimum atomic E-state index is -0.481. The number of allylic oxidation sites excluding steroid dienone is 1. The third-order valence-electron chi connectivity index (χ3n) is 2.71. The van der Waals surface area contributed by atoms with Gasteiger partial charge in [0.15, 0.2) is 0 Å². The van der Waals surface area contributed by atoms with Crippen molar-refractivity contribution in [2.45, 2.75) is 47.1 Å². The third kappa shape index (κ3) is 10.3. The summed E-state index contributed by atoms with van der Waals surface area (Å²) in [7, 11) is 0. The first kappa shape index (κ1) is 23.2. The van der Waals surface area contributed by atoms with Crippen molar-refractivity contribution in [1.82, 2.24) is 0 Å². The van der Waals surface area contributed by atoms with Crippen molar-refractivity contribution in [2.75, 3.05) is 13.2 Å². The highest BCUT2D eigenvalue weighted by Gasteiger charge is 2.07. The summed E-state index contributed by atoms with van der Waals surface area (Å²) in [6, 6.07) is 5.42. The minimum Gasteiger partial charge on any atom is -0.491 e. The highest BCUT2D eigenvalue weighted by Crippen LogP contribution is 2.20. The van der Waals surface area contributed by atoms with Gasteiger partial charge in [0.05, 0.1) is 0 Å². The standard InChI is InChI=1S/C14H20N2O2.C3H4.C2H6/c1-3-5-12-6-7-14(8-11(12)4-2)18-10-13(9-15)16-17;1-3-2;1-2/h3,5-8,13H,4,9-10,15H2,1-2H3;1H,2H3;1-2H3/b5-3-;;. The van der Waals surface area contributed by atoms with Gasteiger partial charge >= 0.3 is 0 Å². The number of benzene rings is 1. The number of aryl methyl sites for hydroxylation is 1. The Morgan fingerprint density at radius 3 is 2.48 bits per heavy atom. The van der Waals surface area contributed by atoms with E-state index in [9.17, 15) is 4.91 Å². The number of ether oxygens (including phenoxy) is 1. The lowest BCUT2D eigenvalue weighted by Crippen LogP contribution is -2.24. The van der Waals surface area contributed by atoms with E-state index >= 15 is 0 Å². The summed E-state index contributed by atoms with van der Waals surface area (Å²) in [6.45, 7) is 10.2. The van der Waals surface area contributed by atoms with Crippen LogP contribution >= 0.6 is 0 Å². The normalized spacial score (nSPS) is 10.5. The summed E-state index contributed by atoms with van der Waals surface area (Å²) in [5, 5.41) is 2.90. The number of nitroso groups, excluding NO2 is 1. The molecule has 0 radical (unpaired) electrons. The zero-order chi connectivity index (χ0) is 18.1. The molecule has 0 fully saturated rings. The molecule has 1 unspecified atom stereocenters. The van der Waals surface area contributed by atoms with Crippen LogP contribution in [0.3, 0.4) is 0 Å². The molecule has 1 atom stereocenters. The largest absolute Gasteiger partial charge is 0.491 e. The maximum absolute atomic E-state index is 10.4. The quantitative estimate of drug-likeness (QED) is 0.598. The van der Waals surface area contributed by atoms with Gasteiger partial charge in [0.25, 0.3) is 0 Å². The number of hydrogen-bond acceptors (Lipinski definition) is 4. The second-order valence-corrected chi connectivity index (χ2v) is 4.31. The second-order valence-electron chi connectivity index (χ2n) is 4.31. The van der Waals surface area contributed by atoms with Gasteiger partial charge in [-0.05, 0) is 43.5 Å². The van der Waals surface area contributed by atoms with Crippen molar-refractivity contribution in [2.24, 2.45) is 10.9 Å². The fraction of sp³-hybridized carbons (Fsp3) is 0.474. The Kier molecular flexibility index (Phi) is 16.4. The lowest BCUT2D eigenvalue weighted by Gasteiger charge is -2.11. The SMILES string of the molecule is C#CC.C/C=C\c1ccc(OCC(CN)N=O)cc1CC.CC. The summed E-state index contributed by atoms with van der Waals surface area (Å²) in [6.07, 6.45) is 9.61. The molecule has 0 spiro atoms. The Balaban J connectivity index is 0. The summed E-state index contributed by atoms with van der Waals surface area (Å²) >= 11 is 0. The van der Waals surface area contributed by atoms with Crippen molar-refractivity contribution >= 4 is 6.08 Å². The van der Waals surface area contributed by atoms with Crippen LogP contribution in [-0.4, -0.2) is 19.2 Å². The zero-order valence-corrected chi connectivity index (χ0v) is 15.0. The summed E-state index contributed by atoms with van der Waals surface area (Å²) in [5.74, 6) is 3.00. The number of nitrogens with zero attached hydrogens (tertiary/aromatic N) is 1. The lowest BCUT2D eigenvalue weighted by atomic mass is 10.0. The molecule has 0 amide bonds. The maximum atomic E-state index is 10.4. The van der Waals surface area contributed by atoms with E-state index in [0.717, 1.165) is 12.2 Å². The van der Waals surface area contributed by atoms with Gasteiger partial charge in [-0.15, -0.1) is 12.3 Å². The molecule has 1 rings (SSSR count). The van der Waals surface area contributed by atoms with Crippen LogP contribution in [0.4, 0.5) is 0 Å². The van der Waals surface area contributed by atoms with Crippen molar-refractivity contribution in [3.8, 4) is 18.1 Å². The van der Waals surface area contributed by atoms with Crippen LogP contribution in [0.2, 0.25) is 0 Å². The Bertz CT molecular complexity index is 491. The Morgan fingerprint density at radius 1 is 1.43 bits per heavy atom. The van der Waals surface area contributed by atoms with Crippen molar-refractivity contribution < 1.29 is 4.74 Å². The van der Waals surface area contributed by atoms with Gasteiger partial charge in [-0.2, -0.15) is 4.91 Å². The van der Waals surface area contributed by atoms with Crippen LogP contribution in [0.1, 0.15) is 45.7 Å². The summed E-state index contributed by atoms with van der Waals surface area (Å²) in [5.41, 5.74) is 7.79. The molecule has 0 aromatic heterocycles. The molecule has 1 aromatic carbocycles. The van der Waals surface area contributed by atoms with Gasteiger partial charge in [-0.1, -0.05) is 44.2 Å². The van der Waals surface area contributed by atoms with Gasteiger partial charge in [0.2, 0.25) is 0 Å². The molecule has 2 N–H and O–H groups in total. The molecule has 0 aliphatic heterocycles. The van der Waals surface area contributed by atoms with Gasteiger partial charge in [0.1, 0.15) is 18.4 Å². The lowest BCUT2D eigenvalue weighted by molar-refractivity contribution is 0.291. The molecule has 0 heterocycles. The minimum absolute atomic E-state index is 0.209. The molecule has 0 aliphatic rings. The molecule has 0 saturated carbocycles. The molecular formula is C19H30N2O2. The van der Waals surface area contributed by atoms with E-state index < -0.39 is 6.04 Å². The number of terminal acetylenes is 1.